The summed E-state index contributed by atoms with van der Waals surface area (Å²) in [5.74, 6) is 0.782. The standard InChI is InChI=1S/C17H34N2O/c1-5-14-12-19(16(11-18-14)9-13(2)3)15-7-6-8-17(10-15)20-4/h13-18H,5-12H2,1-4H3. The topological polar surface area (TPSA) is 24.5 Å². The smallest absolute Gasteiger partial charge is 0.0586 e. The largest absolute Gasteiger partial charge is 0.381 e. The molecule has 4 unspecified atom stereocenters. The lowest BCUT2D eigenvalue weighted by Crippen LogP contribution is -2.60. The summed E-state index contributed by atoms with van der Waals surface area (Å²) >= 11 is 0. The lowest BCUT2D eigenvalue weighted by Gasteiger charge is -2.47. The first kappa shape index (κ1) is 16.3. The Morgan fingerprint density at radius 2 is 2.10 bits per heavy atom. The fourth-order valence-corrected chi connectivity index (χ4v) is 4.01. The van der Waals surface area contributed by atoms with Crippen LogP contribution in [0.25, 0.3) is 0 Å². The number of nitrogens with one attached hydrogen (secondary N) is 1. The van der Waals surface area contributed by atoms with E-state index in [-0.39, 0.29) is 0 Å². The van der Waals surface area contributed by atoms with E-state index < -0.39 is 0 Å². The molecule has 0 aromatic carbocycles. The summed E-state index contributed by atoms with van der Waals surface area (Å²) in [6.07, 6.45) is 8.24. The van der Waals surface area contributed by atoms with Gasteiger partial charge in [0.25, 0.3) is 0 Å². The molecule has 0 aromatic rings. The summed E-state index contributed by atoms with van der Waals surface area (Å²) in [5.41, 5.74) is 0. The second-order valence-electron chi connectivity index (χ2n) is 7.17. The predicted octanol–water partition coefficient (Wildman–Crippen LogP) is 3.04. The highest BCUT2D eigenvalue weighted by Crippen LogP contribution is 2.29. The van der Waals surface area contributed by atoms with Gasteiger partial charge in [0.15, 0.2) is 0 Å². The molecule has 118 valence electrons. The highest BCUT2D eigenvalue weighted by molar-refractivity contribution is 4.92. The van der Waals surface area contributed by atoms with E-state index in [9.17, 15) is 0 Å². The summed E-state index contributed by atoms with van der Waals surface area (Å²) in [6.45, 7) is 9.41. The van der Waals surface area contributed by atoms with E-state index in [1.54, 1.807) is 0 Å². The van der Waals surface area contributed by atoms with Gasteiger partial charge in [-0.05, 0) is 44.4 Å². The Balaban J connectivity index is 2.01. The molecule has 1 saturated heterocycles. The Morgan fingerprint density at radius 3 is 2.75 bits per heavy atom. The summed E-state index contributed by atoms with van der Waals surface area (Å²) in [6, 6.07) is 2.15. The van der Waals surface area contributed by atoms with Crippen molar-refractivity contribution in [3.63, 3.8) is 0 Å². The van der Waals surface area contributed by atoms with E-state index in [4.69, 9.17) is 4.74 Å². The van der Waals surface area contributed by atoms with Crippen molar-refractivity contribution in [2.24, 2.45) is 5.92 Å². The molecule has 3 nitrogen and oxygen atoms in total. The first-order valence-electron chi connectivity index (χ1n) is 8.65. The second kappa shape index (κ2) is 7.77. The van der Waals surface area contributed by atoms with Crippen molar-refractivity contribution in [2.45, 2.75) is 83.5 Å². The van der Waals surface area contributed by atoms with E-state index in [2.05, 4.69) is 31.0 Å². The van der Waals surface area contributed by atoms with Gasteiger partial charge in [-0.3, -0.25) is 4.90 Å². The van der Waals surface area contributed by atoms with Gasteiger partial charge >= 0.3 is 0 Å². The van der Waals surface area contributed by atoms with E-state index in [1.807, 2.05) is 7.11 Å². The van der Waals surface area contributed by atoms with E-state index in [0.29, 0.717) is 12.1 Å². The summed E-state index contributed by atoms with van der Waals surface area (Å²) in [7, 11) is 1.88. The number of rotatable bonds is 5. The molecule has 2 aliphatic rings. The molecule has 2 rings (SSSR count). The maximum Gasteiger partial charge on any atom is 0.0586 e. The molecule has 1 heterocycles. The van der Waals surface area contributed by atoms with Crippen molar-refractivity contribution in [1.82, 2.24) is 10.2 Å². The quantitative estimate of drug-likeness (QED) is 0.839. The molecular formula is C17H34N2O. The monoisotopic (exact) mass is 282 g/mol. The number of nitrogens with zero attached hydrogens (tertiary/aromatic N) is 1. The number of methoxy groups -OCH3 is 1. The van der Waals surface area contributed by atoms with E-state index >= 15 is 0 Å². The molecule has 0 bridgehead atoms. The van der Waals surface area contributed by atoms with Crippen LogP contribution in [0.3, 0.4) is 0 Å². The van der Waals surface area contributed by atoms with Crippen molar-refractivity contribution >= 4 is 0 Å². The Hall–Kier alpha value is -0.120. The first-order chi connectivity index (χ1) is 9.63. The molecule has 1 aliphatic carbocycles. The van der Waals surface area contributed by atoms with Gasteiger partial charge in [0.05, 0.1) is 6.10 Å². The Bertz CT molecular complexity index is 282. The Labute approximate surface area is 125 Å². The fraction of sp³-hybridized carbons (Fsp3) is 1.00. The van der Waals surface area contributed by atoms with Crippen LogP contribution in [-0.2, 0) is 4.74 Å². The predicted molar refractivity (Wildman–Crippen MR) is 85.1 cm³/mol. The van der Waals surface area contributed by atoms with Crippen molar-refractivity contribution in [3.05, 3.63) is 0 Å². The minimum Gasteiger partial charge on any atom is -0.381 e. The SMILES string of the molecule is CCC1CN(C2CCCC(OC)C2)C(CC(C)C)CN1. The first-order valence-corrected chi connectivity index (χ1v) is 8.65. The molecule has 0 radical (unpaired) electrons. The molecule has 0 amide bonds. The van der Waals surface area contributed by atoms with Crippen LogP contribution in [0.4, 0.5) is 0 Å². The molecule has 1 saturated carbocycles. The van der Waals surface area contributed by atoms with Crippen LogP contribution in [0, 0.1) is 5.92 Å². The fourth-order valence-electron chi connectivity index (χ4n) is 4.01. The maximum absolute atomic E-state index is 5.64. The van der Waals surface area contributed by atoms with Crippen LogP contribution < -0.4 is 5.32 Å². The molecule has 0 spiro atoms. The van der Waals surface area contributed by atoms with Crippen LogP contribution in [0.1, 0.15) is 59.3 Å². The van der Waals surface area contributed by atoms with Crippen LogP contribution >= 0.6 is 0 Å². The van der Waals surface area contributed by atoms with Crippen molar-refractivity contribution < 1.29 is 4.74 Å². The van der Waals surface area contributed by atoms with Crippen molar-refractivity contribution in [1.29, 1.82) is 0 Å². The molecule has 2 fully saturated rings. The van der Waals surface area contributed by atoms with E-state index in [0.717, 1.165) is 18.0 Å². The molecule has 1 aliphatic heterocycles. The van der Waals surface area contributed by atoms with Gasteiger partial charge in [0.2, 0.25) is 0 Å². The maximum atomic E-state index is 5.64. The van der Waals surface area contributed by atoms with Gasteiger partial charge in [-0.15, -0.1) is 0 Å². The third kappa shape index (κ3) is 4.19. The molecule has 1 N–H and O–H groups in total. The summed E-state index contributed by atoms with van der Waals surface area (Å²) < 4.78 is 5.64. The zero-order chi connectivity index (χ0) is 14.5. The second-order valence-corrected chi connectivity index (χ2v) is 7.17. The van der Waals surface area contributed by atoms with Gasteiger partial charge < -0.3 is 10.1 Å². The van der Waals surface area contributed by atoms with Crippen LogP contribution in [0.15, 0.2) is 0 Å². The average Bonchev–Trinajstić information content (AvgIpc) is 2.47. The third-order valence-electron chi connectivity index (χ3n) is 5.18. The summed E-state index contributed by atoms with van der Waals surface area (Å²) in [5, 5.41) is 3.75. The number of piperazine rings is 1. The lowest BCUT2D eigenvalue weighted by atomic mass is 9.88. The van der Waals surface area contributed by atoms with Gasteiger partial charge in [-0.2, -0.15) is 0 Å². The van der Waals surface area contributed by atoms with Crippen LogP contribution in [0.2, 0.25) is 0 Å². The van der Waals surface area contributed by atoms with Crippen LogP contribution in [-0.4, -0.2) is 49.3 Å². The lowest BCUT2D eigenvalue weighted by molar-refractivity contribution is -0.00428. The Kier molecular flexibility index (Phi) is 6.31. The molecule has 20 heavy (non-hydrogen) atoms. The summed E-state index contributed by atoms with van der Waals surface area (Å²) in [4.78, 5) is 2.83. The van der Waals surface area contributed by atoms with Gasteiger partial charge in [-0.25, -0.2) is 0 Å². The number of ether oxygens (including phenoxy) is 1. The van der Waals surface area contributed by atoms with Gasteiger partial charge in [0.1, 0.15) is 0 Å². The number of hydrogen-bond donors (Lipinski definition) is 1. The third-order valence-corrected chi connectivity index (χ3v) is 5.18. The van der Waals surface area contributed by atoms with E-state index in [1.165, 1.54) is 51.6 Å². The van der Waals surface area contributed by atoms with Gasteiger partial charge in [0, 0.05) is 38.3 Å². The number of hydrogen-bond acceptors (Lipinski definition) is 3. The molecule has 4 atom stereocenters. The minimum absolute atomic E-state index is 0.489. The normalized spacial score (nSPS) is 36.5. The highest BCUT2D eigenvalue weighted by Gasteiger charge is 2.35. The molecule has 0 aromatic heterocycles. The van der Waals surface area contributed by atoms with Gasteiger partial charge in [-0.1, -0.05) is 20.8 Å². The zero-order valence-electron chi connectivity index (χ0n) is 13.9. The van der Waals surface area contributed by atoms with Crippen molar-refractivity contribution in [3.8, 4) is 0 Å². The highest BCUT2D eigenvalue weighted by atomic mass is 16.5. The minimum atomic E-state index is 0.489. The molecular weight excluding hydrogens is 248 g/mol. The average molecular weight is 282 g/mol. The van der Waals surface area contributed by atoms with Crippen molar-refractivity contribution in [2.75, 3.05) is 20.2 Å². The van der Waals surface area contributed by atoms with Crippen LogP contribution in [0.5, 0.6) is 0 Å². The zero-order valence-corrected chi connectivity index (χ0v) is 13.9. The Morgan fingerprint density at radius 1 is 1.30 bits per heavy atom. The molecule has 3 heteroatoms.